The van der Waals surface area contributed by atoms with Gasteiger partial charge in [-0.15, -0.1) is 23.1 Å². The van der Waals surface area contributed by atoms with E-state index in [-0.39, 0.29) is 4.75 Å². The third-order valence-corrected chi connectivity index (χ3v) is 6.69. The summed E-state index contributed by atoms with van der Waals surface area (Å²) in [7, 11) is 0. The summed E-state index contributed by atoms with van der Waals surface area (Å²) in [6.45, 7) is 9.51. The highest BCUT2D eigenvalue weighted by atomic mass is 32.2. The van der Waals surface area contributed by atoms with Gasteiger partial charge in [-0.25, -0.2) is 4.98 Å². The first-order chi connectivity index (χ1) is 14.8. The first-order valence-electron chi connectivity index (χ1n) is 10.4. The van der Waals surface area contributed by atoms with Crippen LogP contribution in [-0.2, 0) is 6.54 Å². The Kier molecular flexibility index (Phi) is 6.42. The summed E-state index contributed by atoms with van der Waals surface area (Å²) >= 11 is 3.52. The van der Waals surface area contributed by atoms with Crippen molar-refractivity contribution in [2.75, 3.05) is 6.61 Å². The lowest BCUT2D eigenvalue weighted by atomic mass is 10.1. The molecule has 0 radical (unpaired) electrons. The Morgan fingerprint density at radius 3 is 2.58 bits per heavy atom. The van der Waals surface area contributed by atoms with E-state index in [9.17, 15) is 5.11 Å². The maximum absolute atomic E-state index is 9.55. The Hall–Kier alpha value is -2.28. The molecular formula is C25H28N2O2S2. The van der Waals surface area contributed by atoms with E-state index in [0.29, 0.717) is 6.61 Å². The molecule has 162 valence electrons. The van der Waals surface area contributed by atoms with Crippen molar-refractivity contribution >= 4 is 34.0 Å². The fraction of sp³-hybridized carbons (Fsp3) is 0.320. The number of aliphatic hydroxyl groups is 1. The predicted molar refractivity (Wildman–Crippen MR) is 131 cm³/mol. The lowest BCUT2D eigenvalue weighted by molar-refractivity contribution is 0.123. The quantitative estimate of drug-likeness (QED) is 0.327. The minimum Gasteiger partial charge on any atom is -0.491 e. The van der Waals surface area contributed by atoms with E-state index in [0.717, 1.165) is 22.9 Å². The van der Waals surface area contributed by atoms with E-state index in [1.165, 1.54) is 21.4 Å². The van der Waals surface area contributed by atoms with E-state index in [2.05, 4.69) is 72.9 Å². The van der Waals surface area contributed by atoms with Crippen LogP contribution in [0.3, 0.4) is 0 Å². The molecular weight excluding hydrogens is 424 g/mol. The molecule has 2 heterocycles. The largest absolute Gasteiger partial charge is 0.491 e. The summed E-state index contributed by atoms with van der Waals surface area (Å²) < 4.78 is 8.17. The molecule has 31 heavy (non-hydrogen) atoms. The highest BCUT2D eigenvalue weighted by molar-refractivity contribution is 8.00. The van der Waals surface area contributed by atoms with Crippen LogP contribution in [0.2, 0.25) is 0 Å². The summed E-state index contributed by atoms with van der Waals surface area (Å²) in [5.41, 5.74) is 3.58. The number of fused-ring (bicyclic) bond motifs is 1. The fourth-order valence-corrected chi connectivity index (χ4v) is 5.17. The SMILES string of the molecule is CC(O)COc1ccc2c(c1)c(SC(C)(C)C)cn2Cc1ccc(-c2nccs2)cc1. The second-order valence-electron chi connectivity index (χ2n) is 8.71. The van der Waals surface area contributed by atoms with Crippen LogP contribution in [0.15, 0.2) is 65.1 Å². The van der Waals surface area contributed by atoms with Crippen LogP contribution in [0.5, 0.6) is 5.75 Å². The number of thioether (sulfide) groups is 1. The van der Waals surface area contributed by atoms with E-state index < -0.39 is 6.10 Å². The number of aliphatic hydroxyl groups excluding tert-OH is 1. The van der Waals surface area contributed by atoms with Gasteiger partial charge in [0.15, 0.2) is 0 Å². The Morgan fingerprint density at radius 2 is 1.94 bits per heavy atom. The number of nitrogens with zero attached hydrogens (tertiary/aromatic N) is 2. The second-order valence-corrected chi connectivity index (χ2v) is 11.5. The van der Waals surface area contributed by atoms with Crippen LogP contribution in [0.1, 0.15) is 33.3 Å². The fourth-order valence-electron chi connectivity index (χ4n) is 3.41. The topological polar surface area (TPSA) is 47.3 Å². The van der Waals surface area contributed by atoms with Crippen LogP contribution in [0.25, 0.3) is 21.5 Å². The highest BCUT2D eigenvalue weighted by Crippen LogP contribution is 2.39. The zero-order valence-corrected chi connectivity index (χ0v) is 20.0. The molecule has 0 saturated heterocycles. The van der Waals surface area contributed by atoms with Crippen molar-refractivity contribution in [1.82, 2.24) is 9.55 Å². The van der Waals surface area contributed by atoms with Crippen molar-refractivity contribution in [2.45, 2.75) is 50.0 Å². The molecule has 0 fully saturated rings. The predicted octanol–water partition coefficient (Wildman–Crippen LogP) is 6.46. The Bertz CT molecular complexity index is 1140. The monoisotopic (exact) mass is 452 g/mol. The van der Waals surface area contributed by atoms with E-state index in [4.69, 9.17) is 4.74 Å². The van der Waals surface area contributed by atoms with Gasteiger partial charge in [-0.1, -0.05) is 45.0 Å². The Labute approximate surface area is 191 Å². The number of hydrogen-bond acceptors (Lipinski definition) is 5. The zero-order valence-electron chi connectivity index (χ0n) is 18.3. The van der Waals surface area contributed by atoms with Gasteiger partial charge in [-0.2, -0.15) is 0 Å². The molecule has 4 nitrogen and oxygen atoms in total. The second kappa shape index (κ2) is 9.07. The van der Waals surface area contributed by atoms with Gasteiger partial charge in [0.1, 0.15) is 17.4 Å². The molecule has 0 spiro atoms. The maximum Gasteiger partial charge on any atom is 0.123 e. The molecule has 0 saturated carbocycles. The van der Waals surface area contributed by atoms with Gasteiger partial charge in [-0.3, -0.25) is 0 Å². The van der Waals surface area contributed by atoms with Crippen molar-refractivity contribution in [3.63, 3.8) is 0 Å². The molecule has 0 aliphatic heterocycles. The minimum absolute atomic E-state index is 0.102. The average molecular weight is 453 g/mol. The first-order valence-corrected chi connectivity index (χ1v) is 12.1. The molecule has 2 aromatic heterocycles. The zero-order chi connectivity index (χ0) is 22.0. The van der Waals surface area contributed by atoms with Gasteiger partial charge in [0.2, 0.25) is 0 Å². The molecule has 0 aliphatic rings. The summed E-state index contributed by atoms with van der Waals surface area (Å²) in [5, 5.41) is 13.8. The molecule has 6 heteroatoms. The van der Waals surface area contributed by atoms with E-state index >= 15 is 0 Å². The summed E-state index contributed by atoms with van der Waals surface area (Å²) in [6, 6.07) is 14.8. The summed E-state index contributed by atoms with van der Waals surface area (Å²) in [6.07, 6.45) is 3.59. The Balaban J connectivity index is 1.65. The van der Waals surface area contributed by atoms with Crippen LogP contribution in [0, 0.1) is 0 Å². The smallest absolute Gasteiger partial charge is 0.123 e. The molecule has 2 aromatic carbocycles. The number of hydrogen-bond donors (Lipinski definition) is 1. The van der Waals surface area contributed by atoms with E-state index in [1.54, 1.807) is 18.3 Å². The van der Waals surface area contributed by atoms with Gasteiger partial charge in [0.25, 0.3) is 0 Å². The average Bonchev–Trinajstić information content (AvgIpc) is 3.35. The third kappa shape index (κ3) is 5.50. The van der Waals surface area contributed by atoms with Crippen molar-refractivity contribution in [3.05, 3.63) is 65.8 Å². The maximum atomic E-state index is 9.55. The molecule has 0 amide bonds. The molecule has 4 rings (SSSR count). The molecule has 1 unspecified atom stereocenters. The summed E-state index contributed by atoms with van der Waals surface area (Å²) in [4.78, 5) is 5.64. The summed E-state index contributed by atoms with van der Waals surface area (Å²) in [5.74, 6) is 0.787. The minimum atomic E-state index is -0.490. The molecule has 1 N–H and O–H groups in total. The molecule has 1 atom stereocenters. The van der Waals surface area contributed by atoms with Crippen LogP contribution in [-0.4, -0.2) is 32.1 Å². The number of aromatic nitrogens is 2. The lowest BCUT2D eigenvalue weighted by Gasteiger charge is -2.16. The van der Waals surface area contributed by atoms with Crippen molar-refractivity contribution in [3.8, 4) is 16.3 Å². The van der Waals surface area contributed by atoms with E-state index in [1.807, 2.05) is 29.4 Å². The molecule has 0 bridgehead atoms. The van der Waals surface area contributed by atoms with Crippen LogP contribution < -0.4 is 4.74 Å². The number of thiazole rings is 1. The molecule has 4 aromatic rings. The first kappa shape index (κ1) is 21.9. The van der Waals surface area contributed by atoms with Gasteiger partial charge in [0.05, 0.1) is 6.10 Å². The van der Waals surface area contributed by atoms with Crippen molar-refractivity contribution in [2.24, 2.45) is 0 Å². The van der Waals surface area contributed by atoms with Crippen LogP contribution in [0.4, 0.5) is 0 Å². The van der Waals surface area contributed by atoms with Gasteiger partial charge < -0.3 is 14.4 Å². The van der Waals surface area contributed by atoms with Gasteiger partial charge >= 0.3 is 0 Å². The number of ether oxygens (including phenoxy) is 1. The number of benzene rings is 2. The third-order valence-electron chi connectivity index (χ3n) is 4.71. The highest BCUT2D eigenvalue weighted by Gasteiger charge is 2.18. The molecule has 0 aliphatic carbocycles. The Morgan fingerprint density at radius 1 is 1.16 bits per heavy atom. The van der Waals surface area contributed by atoms with Gasteiger partial charge in [-0.05, 0) is 30.7 Å². The van der Waals surface area contributed by atoms with Crippen molar-refractivity contribution < 1.29 is 9.84 Å². The number of rotatable bonds is 7. The van der Waals surface area contributed by atoms with Crippen LogP contribution >= 0.6 is 23.1 Å². The standard InChI is InChI=1S/C25H28N2O2S2/c1-17(28)16-29-20-9-10-22-21(13-20)23(31-25(2,3)4)15-27(22)14-18-5-7-19(8-6-18)24-26-11-12-30-24/h5-13,15,17,28H,14,16H2,1-4H3. The lowest BCUT2D eigenvalue weighted by Crippen LogP contribution is -2.12. The normalized spacial score (nSPS) is 12.9. The van der Waals surface area contributed by atoms with Gasteiger partial charge in [0, 0.05) is 50.4 Å². The van der Waals surface area contributed by atoms with Crippen molar-refractivity contribution in [1.29, 1.82) is 0 Å².